The van der Waals surface area contributed by atoms with Crippen LogP contribution in [-0.4, -0.2) is 35.1 Å². The fourth-order valence-corrected chi connectivity index (χ4v) is 4.27. The highest BCUT2D eigenvalue weighted by atomic mass is 32.1. The van der Waals surface area contributed by atoms with E-state index in [0.717, 1.165) is 4.70 Å². The smallest absolute Gasteiger partial charge is 0.293 e. The third kappa shape index (κ3) is 6.14. The average molecular weight is 511 g/mol. The van der Waals surface area contributed by atoms with E-state index in [2.05, 4.69) is 20.9 Å². The Bertz CT molecular complexity index is 1340. The highest BCUT2D eigenvalue weighted by Crippen LogP contribution is 2.29. The van der Waals surface area contributed by atoms with Crippen LogP contribution >= 0.6 is 23.6 Å². The van der Waals surface area contributed by atoms with Gasteiger partial charge in [-0.15, -0.1) is 0 Å². The molecule has 0 saturated carbocycles. The first-order chi connectivity index (χ1) is 16.9. The molecule has 0 fully saturated rings. The van der Waals surface area contributed by atoms with Gasteiger partial charge in [0.25, 0.3) is 11.8 Å². The van der Waals surface area contributed by atoms with E-state index in [1.165, 1.54) is 17.6 Å². The highest BCUT2D eigenvalue weighted by molar-refractivity contribution is 7.80. The number of ether oxygens (including phenoxy) is 2. The van der Waals surface area contributed by atoms with Crippen molar-refractivity contribution in [2.45, 2.75) is 13.8 Å². The van der Waals surface area contributed by atoms with Crippen molar-refractivity contribution in [2.75, 3.05) is 23.8 Å². The Kier molecular flexibility index (Phi) is 7.58. The van der Waals surface area contributed by atoms with Gasteiger partial charge in [-0.05, 0) is 68.5 Å². The van der Waals surface area contributed by atoms with Crippen LogP contribution in [0.1, 0.15) is 34.8 Å². The summed E-state index contributed by atoms with van der Waals surface area (Å²) in [5.74, 6) is 0.498. The molecule has 0 radical (unpaired) electrons. The first-order valence-corrected chi connectivity index (χ1v) is 12.0. The molecule has 11 heteroatoms. The van der Waals surface area contributed by atoms with Gasteiger partial charge in [0.15, 0.2) is 16.0 Å². The zero-order valence-electron chi connectivity index (χ0n) is 18.9. The van der Waals surface area contributed by atoms with Gasteiger partial charge in [-0.3, -0.25) is 20.2 Å². The molecule has 35 heavy (non-hydrogen) atoms. The SMILES string of the molecule is CCOc1cc(OCC)cc(C(=O)NC(=S)Nc2ccc3nc(NC(=O)c4ccco4)sc3c2)c1. The van der Waals surface area contributed by atoms with E-state index >= 15 is 0 Å². The van der Waals surface area contributed by atoms with E-state index in [1.54, 1.807) is 42.5 Å². The molecule has 4 rings (SSSR count). The van der Waals surface area contributed by atoms with Crippen LogP contribution in [0.5, 0.6) is 11.5 Å². The van der Waals surface area contributed by atoms with Gasteiger partial charge in [0.05, 0.1) is 29.7 Å². The quantitative estimate of drug-likeness (QED) is 0.282. The normalized spacial score (nSPS) is 10.6. The largest absolute Gasteiger partial charge is 0.494 e. The fourth-order valence-electron chi connectivity index (χ4n) is 3.16. The number of furan rings is 1. The van der Waals surface area contributed by atoms with Crippen molar-refractivity contribution in [1.82, 2.24) is 10.3 Å². The molecule has 0 saturated heterocycles. The van der Waals surface area contributed by atoms with Gasteiger partial charge in [-0.2, -0.15) is 0 Å². The first kappa shape index (κ1) is 24.2. The van der Waals surface area contributed by atoms with Gasteiger partial charge < -0.3 is 19.2 Å². The van der Waals surface area contributed by atoms with Crippen LogP contribution in [-0.2, 0) is 0 Å². The molecule has 0 unspecified atom stereocenters. The number of thiazole rings is 1. The summed E-state index contributed by atoms with van der Waals surface area (Å²) in [6, 6.07) is 13.6. The number of nitrogens with one attached hydrogen (secondary N) is 3. The monoisotopic (exact) mass is 510 g/mol. The van der Waals surface area contributed by atoms with E-state index in [-0.39, 0.29) is 16.8 Å². The Morgan fingerprint density at radius 2 is 1.74 bits per heavy atom. The molecule has 0 aliphatic heterocycles. The lowest BCUT2D eigenvalue weighted by molar-refractivity contribution is 0.0974. The Morgan fingerprint density at radius 1 is 1.00 bits per heavy atom. The molecule has 3 N–H and O–H groups in total. The van der Waals surface area contributed by atoms with Crippen molar-refractivity contribution in [2.24, 2.45) is 0 Å². The molecule has 0 atom stereocenters. The van der Waals surface area contributed by atoms with E-state index < -0.39 is 5.91 Å². The lowest BCUT2D eigenvalue weighted by Gasteiger charge is -2.12. The summed E-state index contributed by atoms with van der Waals surface area (Å²) in [5, 5.41) is 8.95. The van der Waals surface area contributed by atoms with Crippen molar-refractivity contribution in [3.05, 3.63) is 66.1 Å². The minimum absolute atomic E-state index is 0.130. The van der Waals surface area contributed by atoms with Gasteiger partial charge in [-0.25, -0.2) is 4.98 Å². The molecular formula is C24H22N4O5S2. The minimum Gasteiger partial charge on any atom is -0.494 e. The summed E-state index contributed by atoms with van der Waals surface area (Å²) < 4.78 is 17.0. The van der Waals surface area contributed by atoms with Crippen LogP contribution < -0.4 is 25.4 Å². The molecule has 2 aromatic heterocycles. The molecule has 180 valence electrons. The van der Waals surface area contributed by atoms with Gasteiger partial charge in [-0.1, -0.05) is 11.3 Å². The molecule has 0 aliphatic rings. The summed E-state index contributed by atoms with van der Waals surface area (Å²) in [7, 11) is 0. The third-order valence-electron chi connectivity index (χ3n) is 4.60. The second-order valence-electron chi connectivity index (χ2n) is 7.10. The van der Waals surface area contributed by atoms with E-state index in [0.29, 0.717) is 46.6 Å². The summed E-state index contributed by atoms with van der Waals surface area (Å²) in [6.07, 6.45) is 1.43. The Labute approximate surface area is 210 Å². The van der Waals surface area contributed by atoms with Gasteiger partial charge in [0.2, 0.25) is 0 Å². The molecule has 0 bridgehead atoms. The number of rotatable bonds is 8. The van der Waals surface area contributed by atoms with Crippen LogP contribution in [0.15, 0.2) is 59.2 Å². The number of hydrogen-bond acceptors (Lipinski definition) is 8. The van der Waals surface area contributed by atoms with Crippen molar-refractivity contribution < 1.29 is 23.5 Å². The minimum atomic E-state index is -0.396. The van der Waals surface area contributed by atoms with Crippen molar-refractivity contribution in [3.63, 3.8) is 0 Å². The summed E-state index contributed by atoms with van der Waals surface area (Å²) in [6.45, 7) is 4.65. The number of carbonyl (C=O) groups excluding carboxylic acids is 2. The highest BCUT2D eigenvalue weighted by Gasteiger charge is 2.14. The van der Waals surface area contributed by atoms with E-state index in [1.807, 2.05) is 19.9 Å². The zero-order chi connectivity index (χ0) is 24.8. The maximum Gasteiger partial charge on any atom is 0.293 e. The number of carbonyl (C=O) groups is 2. The van der Waals surface area contributed by atoms with Crippen molar-refractivity contribution in [1.29, 1.82) is 0 Å². The number of amides is 2. The molecule has 4 aromatic rings. The lowest BCUT2D eigenvalue weighted by Crippen LogP contribution is -2.34. The Morgan fingerprint density at radius 3 is 2.40 bits per heavy atom. The van der Waals surface area contributed by atoms with E-state index in [9.17, 15) is 9.59 Å². The van der Waals surface area contributed by atoms with Crippen LogP contribution in [0.2, 0.25) is 0 Å². The molecule has 0 aliphatic carbocycles. The summed E-state index contributed by atoms with van der Waals surface area (Å²) in [4.78, 5) is 29.4. The molecule has 2 heterocycles. The second-order valence-corrected chi connectivity index (χ2v) is 8.54. The molecular weight excluding hydrogens is 488 g/mol. The third-order valence-corrected chi connectivity index (χ3v) is 5.74. The topological polar surface area (TPSA) is 115 Å². The standard InChI is InChI=1S/C24H22N4O5S2/c1-3-31-16-10-14(11-17(13-16)32-4-2)21(29)27-23(34)25-15-7-8-18-20(12-15)35-24(26-18)28-22(30)19-6-5-9-33-19/h5-13H,3-4H2,1-2H3,(H,26,28,30)(H2,25,27,29,34). The lowest BCUT2D eigenvalue weighted by atomic mass is 10.2. The Balaban J connectivity index is 1.42. The predicted molar refractivity (Wildman–Crippen MR) is 139 cm³/mol. The fraction of sp³-hybridized carbons (Fsp3) is 0.167. The van der Waals surface area contributed by atoms with Crippen molar-refractivity contribution >= 4 is 61.5 Å². The number of fused-ring (bicyclic) bond motifs is 1. The average Bonchev–Trinajstić information content (AvgIpc) is 3.49. The summed E-state index contributed by atoms with van der Waals surface area (Å²) >= 11 is 6.63. The van der Waals surface area contributed by atoms with Gasteiger partial charge in [0, 0.05) is 17.3 Å². The maximum absolute atomic E-state index is 12.8. The van der Waals surface area contributed by atoms with Gasteiger partial charge in [0.1, 0.15) is 11.5 Å². The number of anilines is 2. The van der Waals surface area contributed by atoms with Crippen LogP contribution in [0.3, 0.4) is 0 Å². The molecule has 9 nitrogen and oxygen atoms in total. The van der Waals surface area contributed by atoms with Crippen LogP contribution in [0.4, 0.5) is 10.8 Å². The number of hydrogen-bond donors (Lipinski definition) is 3. The van der Waals surface area contributed by atoms with Gasteiger partial charge >= 0.3 is 0 Å². The van der Waals surface area contributed by atoms with E-state index in [4.69, 9.17) is 26.1 Å². The molecule has 2 amide bonds. The first-order valence-electron chi connectivity index (χ1n) is 10.7. The second kappa shape index (κ2) is 11.0. The number of nitrogens with zero attached hydrogens (tertiary/aromatic N) is 1. The summed E-state index contributed by atoms with van der Waals surface area (Å²) in [5.41, 5.74) is 1.73. The molecule has 0 spiro atoms. The number of aromatic nitrogens is 1. The maximum atomic E-state index is 12.8. The number of benzene rings is 2. The van der Waals surface area contributed by atoms with Crippen LogP contribution in [0.25, 0.3) is 10.2 Å². The van der Waals surface area contributed by atoms with Crippen LogP contribution in [0, 0.1) is 0 Å². The number of thiocarbonyl (C=S) groups is 1. The molecule has 2 aromatic carbocycles. The Hall–Kier alpha value is -3.96. The van der Waals surface area contributed by atoms with Crippen molar-refractivity contribution in [3.8, 4) is 11.5 Å². The zero-order valence-corrected chi connectivity index (χ0v) is 20.5. The predicted octanol–water partition coefficient (Wildman–Crippen LogP) is 5.07.